The Hall–Kier alpha value is -1.52. The molecule has 0 spiro atoms. The third-order valence-corrected chi connectivity index (χ3v) is 5.23. The highest BCUT2D eigenvalue weighted by molar-refractivity contribution is 9.10. The lowest BCUT2D eigenvalue weighted by Gasteiger charge is -2.25. The van der Waals surface area contributed by atoms with E-state index in [4.69, 9.17) is 11.5 Å². The average molecular weight is 420 g/mol. The van der Waals surface area contributed by atoms with Crippen LogP contribution in [0.5, 0.6) is 0 Å². The number of aromatic nitrogens is 2. The van der Waals surface area contributed by atoms with Crippen LogP contribution in [-0.2, 0) is 4.79 Å². The lowest BCUT2D eigenvalue weighted by molar-refractivity contribution is -0.128. The first kappa shape index (κ1) is 20.5. The highest BCUT2D eigenvalue weighted by atomic mass is 79.9. The zero-order chi connectivity index (χ0) is 18.4. The molecule has 1 fully saturated rings. The number of H-pyrrole nitrogens is 1. The van der Waals surface area contributed by atoms with Gasteiger partial charge in [0.1, 0.15) is 10.2 Å². The summed E-state index contributed by atoms with van der Waals surface area (Å²) in [6.45, 7) is 5.93. The van der Waals surface area contributed by atoms with Gasteiger partial charge >= 0.3 is 0 Å². The van der Waals surface area contributed by atoms with Crippen LogP contribution in [0.25, 0.3) is 0 Å². The van der Waals surface area contributed by atoms with Gasteiger partial charge in [-0.3, -0.25) is 14.7 Å². The first-order chi connectivity index (χ1) is 11.2. The van der Waals surface area contributed by atoms with Crippen molar-refractivity contribution in [3.05, 3.63) is 22.8 Å². The number of amides is 2. The van der Waals surface area contributed by atoms with Gasteiger partial charge in [-0.1, -0.05) is 6.58 Å². The molecule has 1 aliphatic heterocycles. The van der Waals surface area contributed by atoms with Gasteiger partial charge in [-0.25, -0.2) is 0 Å². The molecule has 0 radical (unpaired) electrons. The molecule has 0 aromatic carbocycles. The van der Waals surface area contributed by atoms with Gasteiger partial charge in [0.15, 0.2) is 5.82 Å². The van der Waals surface area contributed by atoms with E-state index in [9.17, 15) is 14.7 Å². The number of primary amides is 1. The second kappa shape index (κ2) is 9.09. The number of carbonyl (C=O) groups excluding carboxylic acids is 2. The number of halogens is 1. The number of aromatic amines is 1. The van der Waals surface area contributed by atoms with E-state index in [2.05, 4.69) is 32.7 Å². The van der Waals surface area contributed by atoms with Crippen LogP contribution >= 0.6 is 27.7 Å². The van der Waals surface area contributed by atoms with Crippen LogP contribution in [0.3, 0.4) is 0 Å². The molecule has 10 heteroatoms. The standard InChI is InChI=1S/C10H17NO2S.C4H5BrN4O/c1-4-10(13)11-6-8(14-3)5-9(11)7(2)12;5-2-1(4(7)10)3(6)9-8-2/h4,7-9,12H,1,5-6H2,2-3H3;(H2,7,10)(H3,6,8,9). The monoisotopic (exact) mass is 419 g/mol. The largest absolute Gasteiger partial charge is 0.391 e. The van der Waals surface area contributed by atoms with Crippen molar-refractivity contribution in [1.29, 1.82) is 0 Å². The van der Waals surface area contributed by atoms with Crippen LogP contribution in [-0.4, -0.2) is 62.2 Å². The van der Waals surface area contributed by atoms with Gasteiger partial charge in [-0.15, -0.1) is 0 Å². The van der Waals surface area contributed by atoms with Crippen molar-refractivity contribution in [2.75, 3.05) is 18.5 Å². The second-order valence-electron chi connectivity index (χ2n) is 5.26. The predicted molar refractivity (Wildman–Crippen MR) is 98.5 cm³/mol. The van der Waals surface area contributed by atoms with Gasteiger partial charge in [-0.2, -0.15) is 16.9 Å². The quantitative estimate of drug-likeness (QED) is 0.530. The van der Waals surface area contributed by atoms with Gasteiger partial charge in [0.05, 0.1) is 12.1 Å². The lowest BCUT2D eigenvalue weighted by atomic mass is 10.1. The third-order valence-electron chi connectivity index (χ3n) is 3.65. The van der Waals surface area contributed by atoms with Crippen molar-refractivity contribution in [2.24, 2.45) is 5.73 Å². The predicted octanol–water partition coefficient (Wildman–Crippen LogP) is 0.739. The number of aliphatic hydroxyl groups is 1. The number of nitrogens with two attached hydrogens (primary N) is 2. The Morgan fingerprint density at radius 2 is 2.25 bits per heavy atom. The molecule has 1 aromatic heterocycles. The summed E-state index contributed by atoms with van der Waals surface area (Å²) < 4.78 is 0.414. The molecule has 2 amide bonds. The van der Waals surface area contributed by atoms with Crippen molar-refractivity contribution in [2.45, 2.75) is 30.7 Å². The molecule has 1 aromatic rings. The first-order valence-electron chi connectivity index (χ1n) is 7.15. The molecular weight excluding hydrogens is 398 g/mol. The summed E-state index contributed by atoms with van der Waals surface area (Å²) in [6.07, 6.45) is 3.76. The van der Waals surface area contributed by atoms with Crippen molar-refractivity contribution in [3.8, 4) is 0 Å². The molecule has 24 heavy (non-hydrogen) atoms. The van der Waals surface area contributed by atoms with Gasteiger partial charge in [0.2, 0.25) is 5.91 Å². The summed E-state index contributed by atoms with van der Waals surface area (Å²) in [5.74, 6) is -0.565. The molecule has 2 heterocycles. The molecule has 8 nitrogen and oxygen atoms in total. The van der Waals surface area contributed by atoms with Crippen LogP contribution < -0.4 is 11.5 Å². The summed E-state index contributed by atoms with van der Waals surface area (Å²) in [7, 11) is 0. The number of aliphatic hydroxyl groups excluding tert-OH is 1. The van der Waals surface area contributed by atoms with Crippen LogP contribution in [0.15, 0.2) is 17.3 Å². The van der Waals surface area contributed by atoms with Crippen LogP contribution in [0.4, 0.5) is 5.82 Å². The minimum absolute atomic E-state index is 0.0436. The van der Waals surface area contributed by atoms with Crippen molar-refractivity contribution in [1.82, 2.24) is 15.1 Å². The minimum Gasteiger partial charge on any atom is -0.391 e. The average Bonchev–Trinajstić information content (AvgIpc) is 3.10. The maximum absolute atomic E-state index is 11.5. The molecule has 0 bridgehead atoms. The number of carbonyl (C=O) groups is 2. The minimum atomic E-state index is -0.599. The zero-order valence-corrected chi connectivity index (χ0v) is 15.9. The van der Waals surface area contributed by atoms with E-state index in [-0.39, 0.29) is 23.3 Å². The topological polar surface area (TPSA) is 138 Å². The molecule has 3 unspecified atom stereocenters. The fraction of sp³-hybridized carbons (Fsp3) is 0.500. The molecule has 2 rings (SSSR count). The summed E-state index contributed by atoms with van der Waals surface area (Å²) in [4.78, 5) is 23.8. The fourth-order valence-electron chi connectivity index (χ4n) is 2.39. The summed E-state index contributed by atoms with van der Waals surface area (Å²) in [6, 6.07) is -0.0436. The van der Waals surface area contributed by atoms with E-state index in [1.54, 1.807) is 23.6 Å². The Morgan fingerprint density at radius 1 is 1.62 bits per heavy atom. The normalized spacial score (nSPS) is 20.9. The Balaban J connectivity index is 0.000000254. The van der Waals surface area contributed by atoms with Crippen molar-refractivity contribution in [3.63, 3.8) is 0 Å². The van der Waals surface area contributed by atoms with E-state index < -0.39 is 12.0 Å². The number of nitrogens with zero attached hydrogens (tertiary/aromatic N) is 2. The van der Waals surface area contributed by atoms with Crippen LogP contribution in [0.1, 0.15) is 23.7 Å². The summed E-state index contributed by atoms with van der Waals surface area (Å²) in [5, 5.41) is 16.0. The molecule has 0 aliphatic carbocycles. The van der Waals surface area contributed by atoms with Gasteiger partial charge in [0.25, 0.3) is 5.91 Å². The SMILES string of the molecule is C=CC(=O)N1CC(SC)CC1C(C)O.NC(=O)c1c(N)n[nH]c1Br. The Bertz CT molecular complexity index is 588. The number of anilines is 1. The first-order valence-corrected chi connectivity index (χ1v) is 9.24. The van der Waals surface area contributed by atoms with Gasteiger partial charge < -0.3 is 21.5 Å². The summed E-state index contributed by atoms with van der Waals surface area (Å²) in [5.41, 5.74) is 10.4. The smallest absolute Gasteiger partial charge is 0.255 e. The van der Waals surface area contributed by atoms with E-state index in [1.807, 2.05) is 6.26 Å². The van der Waals surface area contributed by atoms with E-state index in [1.165, 1.54) is 6.08 Å². The maximum atomic E-state index is 11.5. The van der Waals surface area contributed by atoms with Gasteiger partial charge in [-0.05, 0) is 41.6 Å². The molecule has 6 N–H and O–H groups in total. The highest BCUT2D eigenvalue weighted by Gasteiger charge is 2.36. The number of likely N-dealkylation sites (tertiary alicyclic amines) is 1. The summed E-state index contributed by atoms with van der Waals surface area (Å²) >= 11 is 4.76. The molecular formula is C14H22BrN5O3S. The molecule has 3 atom stereocenters. The Kier molecular flexibility index (Phi) is 7.77. The van der Waals surface area contributed by atoms with Gasteiger partial charge in [0, 0.05) is 11.8 Å². The number of nitrogens with one attached hydrogen (secondary N) is 1. The Morgan fingerprint density at radius 3 is 2.58 bits per heavy atom. The fourth-order valence-corrected chi connectivity index (χ4v) is 3.58. The molecule has 0 saturated carbocycles. The Labute approximate surface area is 153 Å². The maximum Gasteiger partial charge on any atom is 0.255 e. The highest BCUT2D eigenvalue weighted by Crippen LogP contribution is 2.28. The van der Waals surface area contributed by atoms with Crippen molar-refractivity contribution >= 4 is 45.3 Å². The molecule has 1 aliphatic rings. The number of rotatable bonds is 4. The van der Waals surface area contributed by atoms with E-state index in [0.29, 0.717) is 9.85 Å². The van der Waals surface area contributed by atoms with E-state index >= 15 is 0 Å². The second-order valence-corrected chi connectivity index (χ2v) is 7.19. The van der Waals surface area contributed by atoms with Crippen molar-refractivity contribution < 1.29 is 14.7 Å². The number of thioether (sulfide) groups is 1. The number of hydrogen-bond acceptors (Lipinski definition) is 6. The molecule has 134 valence electrons. The number of hydrogen-bond donors (Lipinski definition) is 4. The molecule has 1 saturated heterocycles. The number of nitrogen functional groups attached to an aromatic ring is 1. The zero-order valence-electron chi connectivity index (χ0n) is 13.5. The third kappa shape index (κ3) is 4.99. The van der Waals surface area contributed by atoms with Crippen LogP contribution in [0.2, 0.25) is 0 Å². The van der Waals surface area contributed by atoms with E-state index in [0.717, 1.165) is 13.0 Å². The van der Waals surface area contributed by atoms with Crippen LogP contribution in [0, 0.1) is 0 Å². The lowest BCUT2D eigenvalue weighted by Crippen LogP contribution is -2.40.